The van der Waals surface area contributed by atoms with Gasteiger partial charge in [0.1, 0.15) is 12.6 Å². The zero-order valence-corrected chi connectivity index (χ0v) is 16.2. The molecule has 3 N–H and O–H groups in total. The van der Waals surface area contributed by atoms with Gasteiger partial charge in [-0.3, -0.25) is 19.2 Å². The molecule has 10 heteroatoms. The molecule has 0 bridgehead atoms. The Balaban J connectivity index is 1.72. The summed E-state index contributed by atoms with van der Waals surface area (Å²) >= 11 is 1.24. The average molecular weight is 414 g/mol. The van der Waals surface area contributed by atoms with E-state index in [-0.39, 0.29) is 18.0 Å². The van der Waals surface area contributed by atoms with Crippen LogP contribution >= 0.6 is 11.3 Å². The van der Waals surface area contributed by atoms with Crippen molar-refractivity contribution < 1.29 is 23.9 Å². The molecule has 0 unspecified atom stereocenters. The molecule has 0 aliphatic heterocycles. The van der Waals surface area contributed by atoms with Crippen LogP contribution in [0.1, 0.15) is 22.2 Å². The number of nitriles is 1. The minimum absolute atomic E-state index is 0.274. The molecule has 1 aromatic heterocycles. The van der Waals surface area contributed by atoms with Crippen LogP contribution in [0.25, 0.3) is 0 Å². The second-order valence-electron chi connectivity index (χ2n) is 5.72. The van der Waals surface area contributed by atoms with Crippen molar-refractivity contribution >= 4 is 40.7 Å². The Morgan fingerprint density at radius 3 is 2.55 bits per heavy atom. The second-order valence-corrected chi connectivity index (χ2v) is 6.66. The molecule has 0 saturated carbocycles. The van der Waals surface area contributed by atoms with Crippen LogP contribution in [-0.2, 0) is 19.1 Å². The number of para-hydroxylation sites is 1. The topological polar surface area (TPSA) is 137 Å². The van der Waals surface area contributed by atoms with Crippen LogP contribution in [0.3, 0.4) is 0 Å². The maximum Gasteiger partial charge on any atom is 0.326 e. The van der Waals surface area contributed by atoms with E-state index in [0.29, 0.717) is 10.6 Å². The first-order valence-electron chi connectivity index (χ1n) is 8.48. The number of esters is 1. The van der Waals surface area contributed by atoms with Crippen LogP contribution in [0.15, 0.2) is 41.8 Å². The van der Waals surface area contributed by atoms with E-state index in [9.17, 15) is 19.2 Å². The Labute approximate surface area is 170 Å². The number of nitrogens with zero attached hydrogens (tertiary/aromatic N) is 1. The highest BCUT2D eigenvalue weighted by atomic mass is 32.1. The van der Waals surface area contributed by atoms with Crippen molar-refractivity contribution in [3.63, 3.8) is 0 Å². The third kappa shape index (κ3) is 6.75. The number of carbonyl (C=O) groups excluding carboxylic acids is 4. The molecule has 0 radical (unpaired) electrons. The number of rotatable bonds is 8. The summed E-state index contributed by atoms with van der Waals surface area (Å²) in [6.07, 6.45) is -1.13. The Morgan fingerprint density at radius 1 is 1.10 bits per heavy atom. The van der Waals surface area contributed by atoms with Crippen molar-refractivity contribution in [1.82, 2.24) is 10.6 Å². The normalized spacial score (nSPS) is 10.9. The van der Waals surface area contributed by atoms with Crippen molar-refractivity contribution in [3.05, 3.63) is 52.2 Å². The lowest BCUT2D eigenvalue weighted by molar-refractivity contribution is -0.152. The van der Waals surface area contributed by atoms with Gasteiger partial charge >= 0.3 is 5.97 Å². The summed E-state index contributed by atoms with van der Waals surface area (Å²) in [6.45, 7) is 0.608. The van der Waals surface area contributed by atoms with Gasteiger partial charge < -0.3 is 20.7 Å². The second kappa shape index (κ2) is 10.6. The lowest BCUT2D eigenvalue weighted by Gasteiger charge is -2.14. The highest BCUT2D eigenvalue weighted by Crippen LogP contribution is 2.14. The maximum atomic E-state index is 12.1. The number of hydrogen-bond acceptors (Lipinski definition) is 7. The van der Waals surface area contributed by atoms with Crippen molar-refractivity contribution in [2.45, 2.75) is 13.0 Å². The van der Waals surface area contributed by atoms with Crippen LogP contribution in [0, 0.1) is 11.3 Å². The summed E-state index contributed by atoms with van der Waals surface area (Å²) in [7, 11) is 0. The average Bonchev–Trinajstić information content (AvgIpc) is 3.25. The molecule has 1 heterocycles. The number of hydrogen-bond donors (Lipinski definition) is 3. The van der Waals surface area contributed by atoms with E-state index in [2.05, 4.69) is 16.0 Å². The minimum atomic E-state index is -1.13. The van der Waals surface area contributed by atoms with E-state index >= 15 is 0 Å². The molecule has 0 spiro atoms. The molecule has 0 saturated heterocycles. The van der Waals surface area contributed by atoms with Gasteiger partial charge in [-0.05, 0) is 30.5 Å². The molecule has 1 atom stereocenters. The summed E-state index contributed by atoms with van der Waals surface area (Å²) in [5.74, 6) is -2.40. The summed E-state index contributed by atoms with van der Waals surface area (Å²) in [5, 5.41) is 18.0. The summed E-state index contributed by atoms with van der Waals surface area (Å²) < 4.78 is 4.96. The van der Waals surface area contributed by atoms with Crippen molar-refractivity contribution in [2.24, 2.45) is 0 Å². The third-order valence-electron chi connectivity index (χ3n) is 3.57. The Hall–Kier alpha value is -3.71. The van der Waals surface area contributed by atoms with E-state index in [1.807, 2.05) is 6.07 Å². The van der Waals surface area contributed by atoms with Crippen LogP contribution in [0.4, 0.5) is 5.69 Å². The standard InChI is InChI=1S/C19H18N4O5S/c1-12(18(26)23-14-6-3-2-5-13(14)9-20)28-17(25)11-21-16(24)10-22-19(27)15-7-4-8-29-15/h2-8,12H,10-11H2,1H3,(H,21,24)(H,22,27)(H,23,26)/t12-/m1/s1. The number of thiophene rings is 1. The van der Waals surface area contributed by atoms with Crippen molar-refractivity contribution in [2.75, 3.05) is 18.4 Å². The molecule has 9 nitrogen and oxygen atoms in total. The van der Waals surface area contributed by atoms with Gasteiger partial charge in [0.25, 0.3) is 11.8 Å². The molecule has 0 aliphatic carbocycles. The van der Waals surface area contributed by atoms with Gasteiger partial charge in [-0.2, -0.15) is 5.26 Å². The van der Waals surface area contributed by atoms with Crippen molar-refractivity contribution in [1.29, 1.82) is 5.26 Å². The Bertz CT molecular complexity index is 936. The number of ether oxygens (including phenoxy) is 1. The molecule has 29 heavy (non-hydrogen) atoms. The van der Waals surface area contributed by atoms with E-state index in [4.69, 9.17) is 10.00 Å². The highest BCUT2D eigenvalue weighted by molar-refractivity contribution is 7.12. The largest absolute Gasteiger partial charge is 0.451 e. The van der Waals surface area contributed by atoms with Crippen LogP contribution in [0.5, 0.6) is 0 Å². The monoisotopic (exact) mass is 414 g/mol. The van der Waals surface area contributed by atoms with Crippen LogP contribution in [0.2, 0.25) is 0 Å². The number of nitrogens with one attached hydrogen (secondary N) is 3. The van der Waals surface area contributed by atoms with Gasteiger partial charge in [-0.15, -0.1) is 11.3 Å². The first-order chi connectivity index (χ1) is 13.9. The first kappa shape index (κ1) is 21.6. The lowest BCUT2D eigenvalue weighted by Crippen LogP contribution is -2.40. The zero-order valence-electron chi connectivity index (χ0n) is 15.4. The van der Waals surface area contributed by atoms with Gasteiger partial charge in [-0.25, -0.2) is 0 Å². The van der Waals surface area contributed by atoms with E-state index in [1.165, 1.54) is 18.3 Å². The number of amides is 3. The molecule has 0 aliphatic rings. The predicted octanol–water partition coefficient (Wildman–Crippen LogP) is 1.04. The van der Waals surface area contributed by atoms with Gasteiger partial charge in [-0.1, -0.05) is 18.2 Å². The van der Waals surface area contributed by atoms with E-state index in [0.717, 1.165) is 0 Å². The third-order valence-corrected chi connectivity index (χ3v) is 4.44. The summed E-state index contributed by atoms with van der Waals surface area (Å²) in [4.78, 5) is 47.8. The maximum absolute atomic E-state index is 12.1. The molecular formula is C19H18N4O5S. The van der Waals surface area contributed by atoms with E-state index in [1.54, 1.807) is 41.8 Å². The lowest BCUT2D eigenvalue weighted by atomic mass is 10.2. The molecule has 1 aromatic carbocycles. The summed E-state index contributed by atoms with van der Waals surface area (Å²) in [6, 6.07) is 11.7. The SMILES string of the molecule is C[C@@H](OC(=O)CNC(=O)CNC(=O)c1cccs1)C(=O)Nc1ccccc1C#N. The van der Waals surface area contributed by atoms with Crippen LogP contribution in [-0.4, -0.2) is 42.9 Å². The fraction of sp³-hybridized carbons (Fsp3) is 0.211. The first-order valence-corrected chi connectivity index (χ1v) is 9.36. The van der Waals surface area contributed by atoms with Crippen LogP contribution < -0.4 is 16.0 Å². The summed E-state index contributed by atoms with van der Waals surface area (Å²) in [5.41, 5.74) is 0.578. The fourth-order valence-corrected chi connectivity index (χ4v) is 2.75. The smallest absolute Gasteiger partial charge is 0.326 e. The quantitative estimate of drug-likeness (QED) is 0.552. The van der Waals surface area contributed by atoms with E-state index < -0.39 is 30.4 Å². The van der Waals surface area contributed by atoms with Crippen molar-refractivity contribution in [3.8, 4) is 6.07 Å². The highest BCUT2D eigenvalue weighted by Gasteiger charge is 2.19. The van der Waals surface area contributed by atoms with Gasteiger partial charge in [0.15, 0.2) is 6.10 Å². The fourth-order valence-electron chi connectivity index (χ4n) is 2.11. The molecule has 3 amide bonds. The molecule has 150 valence electrons. The van der Waals surface area contributed by atoms with Gasteiger partial charge in [0.05, 0.1) is 22.7 Å². The zero-order chi connectivity index (χ0) is 21.2. The molecular weight excluding hydrogens is 396 g/mol. The molecule has 2 aromatic rings. The van der Waals surface area contributed by atoms with Gasteiger partial charge in [0, 0.05) is 0 Å². The van der Waals surface area contributed by atoms with Gasteiger partial charge in [0.2, 0.25) is 5.91 Å². The molecule has 0 fully saturated rings. The predicted molar refractivity (Wildman–Crippen MR) is 105 cm³/mol. The number of benzene rings is 1. The Morgan fingerprint density at radius 2 is 1.86 bits per heavy atom. The minimum Gasteiger partial charge on any atom is -0.451 e. The molecule has 2 rings (SSSR count). The number of anilines is 1. The Kier molecular flexibility index (Phi) is 7.88. The number of carbonyl (C=O) groups is 4.